The van der Waals surface area contributed by atoms with E-state index >= 15 is 0 Å². The van der Waals surface area contributed by atoms with Crippen molar-refractivity contribution in [2.24, 2.45) is 0 Å². The number of hydrogen-bond donors (Lipinski definition) is 1. The summed E-state index contributed by atoms with van der Waals surface area (Å²) in [6.07, 6.45) is 2.42. The minimum Gasteiger partial charge on any atom is -0.313 e. The van der Waals surface area contributed by atoms with E-state index in [1.807, 2.05) is 6.07 Å². The predicted molar refractivity (Wildman–Crippen MR) is 74.8 cm³/mol. The van der Waals surface area contributed by atoms with Gasteiger partial charge >= 0.3 is 0 Å². The second kappa shape index (κ2) is 6.63. The van der Waals surface area contributed by atoms with Gasteiger partial charge in [-0.05, 0) is 47.4 Å². The van der Waals surface area contributed by atoms with Crippen LogP contribution in [0, 0.1) is 5.82 Å². The zero-order chi connectivity index (χ0) is 13.8. The Morgan fingerprint density at radius 3 is 2.67 bits per heavy atom. The van der Waals surface area contributed by atoms with E-state index in [9.17, 15) is 12.8 Å². The lowest BCUT2D eigenvalue weighted by Crippen LogP contribution is -2.18. The van der Waals surface area contributed by atoms with Gasteiger partial charge in [0.1, 0.15) is 15.7 Å². The van der Waals surface area contributed by atoms with Gasteiger partial charge in [0.15, 0.2) is 0 Å². The van der Waals surface area contributed by atoms with Gasteiger partial charge in [0.2, 0.25) is 0 Å². The van der Waals surface area contributed by atoms with Crippen LogP contribution in [-0.2, 0) is 9.84 Å². The number of benzene rings is 1. The molecule has 18 heavy (non-hydrogen) atoms. The lowest BCUT2D eigenvalue weighted by molar-refractivity contribution is 0.527. The van der Waals surface area contributed by atoms with Crippen molar-refractivity contribution in [2.45, 2.75) is 18.9 Å². The van der Waals surface area contributed by atoms with Gasteiger partial charge < -0.3 is 5.32 Å². The molecule has 0 bridgehead atoms. The maximum atomic E-state index is 13.4. The Labute approximate surface area is 116 Å². The molecule has 0 amide bonds. The van der Waals surface area contributed by atoms with Crippen LogP contribution in [0.25, 0.3) is 0 Å². The molecule has 0 heterocycles. The quantitative estimate of drug-likeness (QED) is 0.867. The Morgan fingerprint density at radius 2 is 2.11 bits per heavy atom. The minimum atomic E-state index is -2.94. The second-order valence-corrected chi connectivity index (χ2v) is 7.31. The third-order valence-corrected chi connectivity index (χ3v) is 4.58. The van der Waals surface area contributed by atoms with Crippen LogP contribution in [0.15, 0.2) is 22.7 Å². The average Bonchev–Trinajstić information content (AvgIpc) is 2.27. The average molecular weight is 338 g/mol. The van der Waals surface area contributed by atoms with E-state index in [0.717, 1.165) is 5.56 Å². The third kappa shape index (κ3) is 4.66. The molecule has 0 spiro atoms. The van der Waals surface area contributed by atoms with Gasteiger partial charge in [-0.3, -0.25) is 0 Å². The van der Waals surface area contributed by atoms with Crippen molar-refractivity contribution in [3.63, 3.8) is 0 Å². The number of sulfone groups is 1. The lowest BCUT2D eigenvalue weighted by Gasteiger charge is -2.18. The summed E-state index contributed by atoms with van der Waals surface area (Å²) < 4.78 is 36.0. The first-order valence-corrected chi connectivity index (χ1v) is 8.49. The zero-order valence-electron chi connectivity index (χ0n) is 10.4. The number of halogens is 2. The lowest BCUT2D eigenvalue weighted by atomic mass is 10.0. The van der Waals surface area contributed by atoms with Crippen LogP contribution in [0.2, 0.25) is 0 Å². The van der Waals surface area contributed by atoms with Crippen LogP contribution in [0.4, 0.5) is 4.39 Å². The fraction of sp³-hybridized carbons (Fsp3) is 0.500. The van der Waals surface area contributed by atoms with Gasteiger partial charge in [0.05, 0.1) is 4.47 Å². The van der Waals surface area contributed by atoms with E-state index in [1.54, 1.807) is 13.1 Å². The molecule has 0 saturated heterocycles. The van der Waals surface area contributed by atoms with Crippen molar-refractivity contribution >= 4 is 25.8 Å². The van der Waals surface area contributed by atoms with Crippen LogP contribution in [0.5, 0.6) is 0 Å². The Hall–Kier alpha value is -0.460. The van der Waals surface area contributed by atoms with E-state index < -0.39 is 9.84 Å². The molecule has 1 aromatic carbocycles. The van der Waals surface area contributed by atoms with Crippen LogP contribution in [0.1, 0.15) is 24.4 Å². The number of hydrogen-bond acceptors (Lipinski definition) is 3. The topological polar surface area (TPSA) is 46.2 Å². The van der Waals surface area contributed by atoms with E-state index in [-0.39, 0.29) is 17.6 Å². The van der Waals surface area contributed by atoms with Gasteiger partial charge in [-0.25, -0.2) is 12.8 Å². The van der Waals surface area contributed by atoms with Crippen molar-refractivity contribution in [1.82, 2.24) is 5.32 Å². The van der Waals surface area contributed by atoms with Gasteiger partial charge in [0, 0.05) is 18.1 Å². The van der Waals surface area contributed by atoms with E-state index in [4.69, 9.17) is 0 Å². The Kier molecular flexibility index (Phi) is 5.75. The van der Waals surface area contributed by atoms with Crippen LogP contribution < -0.4 is 5.32 Å². The van der Waals surface area contributed by atoms with Crippen LogP contribution in [-0.4, -0.2) is 27.5 Å². The molecule has 0 fully saturated rings. The van der Waals surface area contributed by atoms with Crippen molar-refractivity contribution in [3.05, 3.63) is 34.1 Å². The van der Waals surface area contributed by atoms with Crippen molar-refractivity contribution in [3.8, 4) is 0 Å². The fourth-order valence-electron chi connectivity index (χ4n) is 1.79. The summed E-state index contributed by atoms with van der Waals surface area (Å²) in [5.74, 6) is -0.158. The highest BCUT2D eigenvalue weighted by atomic mass is 79.9. The van der Waals surface area contributed by atoms with Crippen molar-refractivity contribution in [1.29, 1.82) is 0 Å². The standard InChI is InChI=1S/C12H17BrFNO2S/c1-15-11(7-4-8-18(2,16)17)9-5-3-6-10(14)12(9)13/h3,5-6,11,15H,4,7-8H2,1-2H3. The molecule has 0 aliphatic carbocycles. The smallest absolute Gasteiger partial charge is 0.147 e. The molecule has 102 valence electrons. The fourth-order valence-corrected chi connectivity index (χ4v) is 3.03. The first-order chi connectivity index (χ1) is 8.35. The zero-order valence-corrected chi connectivity index (χ0v) is 12.8. The molecule has 1 rings (SSSR count). The molecule has 1 N–H and O–H groups in total. The first kappa shape index (κ1) is 15.6. The maximum absolute atomic E-state index is 13.4. The third-order valence-electron chi connectivity index (χ3n) is 2.71. The second-order valence-electron chi connectivity index (χ2n) is 4.26. The largest absolute Gasteiger partial charge is 0.313 e. The van der Waals surface area contributed by atoms with Crippen molar-refractivity contribution in [2.75, 3.05) is 19.1 Å². The molecule has 0 saturated carbocycles. The van der Waals surface area contributed by atoms with E-state index in [2.05, 4.69) is 21.2 Å². The van der Waals surface area contributed by atoms with Gasteiger partial charge in [-0.15, -0.1) is 0 Å². The summed E-state index contributed by atoms with van der Waals surface area (Å²) >= 11 is 3.22. The summed E-state index contributed by atoms with van der Waals surface area (Å²) in [5.41, 5.74) is 0.811. The first-order valence-electron chi connectivity index (χ1n) is 5.64. The Bertz CT molecular complexity index is 505. The molecule has 1 aromatic rings. The minimum absolute atomic E-state index is 0.0585. The monoisotopic (exact) mass is 337 g/mol. The molecule has 0 radical (unpaired) electrons. The molecule has 3 nitrogen and oxygen atoms in total. The summed E-state index contributed by atoms with van der Waals surface area (Å²) in [4.78, 5) is 0. The number of rotatable bonds is 6. The summed E-state index contributed by atoms with van der Waals surface area (Å²) in [6.45, 7) is 0. The van der Waals surface area contributed by atoms with Gasteiger partial charge in [-0.1, -0.05) is 12.1 Å². The Balaban J connectivity index is 2.75. The molecule has 1 atom stereocenters. The highest BCUT2D eigenvalue weighted by molar-refractivity contribution is 9.10. The number of nitrogens with one attached hydrogen (secondary N) is 1. The molecule has 0 aliphatic rings. The normalized spacial score (nSPS) is 13.6. The molecular weight excluding hydrogens is 321 g/mol. The molecular formula is C12H17BrFNO2S. The summed E-state index contributed by atoms with van der Waals surface area (Å²) in [6, 6.07) is 4.80. The molecule has 0 aliphatic heterocycles. The predicted octanol–water partition coefficient (Wildman–Crippen LogP) is 2.67. The molecule has 6 heteroatoms. The van der Waals surface area contributed by atoms with Gasteiger partial charge in [0.25, 0.3) is 0 Å². The SMILES string of the molecule is CNC(CCCS(C)(=O)=O)c1cccc(F)c1Br. The molecule has 1 unspecified atom stereocenters. The van der Waals surface area contributed by atoms with Crippen LogP contribution in [0.3, 0.4) is 0 Å². The molecule has 0 aromatic heterocycles. The van der Waals surface area contributed by atoms with Gasteiger partial charge in [-0.2, -0.15) is 0 Å². The highest BCUT2D eigenvalue weighted by Gasteiger charge is 2.15. The van der Waals surface area contributed by atoms with E-state index in [0.29, 0.717) is 17.3 Å². The summed E-state index contributed by atoms with van der Waals surface area (Å²) in [7, 11) is -1.16. The Morgan fingerprint density at radius 1 is 1.44 bits per heavy atom. The maximum Gasteiger partial charge on any atom is 0.147 e. The highest BCUT2D eigenvalue weighted by Crippen LogP contribution is 2.28. The summed E-state index contributed by atoms with van der Waals surface area (Å²) in [5, 5.41) is 3.08. The van der Waals surface area contributed by atoms with E-state index in [1.165, 1.54) is 12.3 Å². The van der Waals surface area contributed by atoms with Crippen molar-refractivity contribution < 1.29 is 12.8 Å². The van der Waals surface area contributed by atoms with Crippen LogP contribution >= 0.6 is 15.9 Å².